The second-order valence-corrected chi connectivity index (χ2v) is 23.1. The average Bonchev–Trinajstić information content (AvgIpc) is 3.43. The number of ether oxygens (including phenoxy) is 3. The summed E-state index contributed by atoms with van der Waals surface area (Å²) in [6, 6.07) is 0. The van der Waals surface area contributed by atoms with Crippen LogP contribution in [0.15, 0.2) is 48.6 Å². The Hall–Kier alpha value is -2.63. The first kappa shape index (κ1) is 74.4. The molecule has 0 rings (SSSR count). The summed E-state index contributed by atoms with van der Waals surface area (Å²) in [6.45, 7) is 6.52. The number of carbonyl (C=O) groups excluding carboxylic acids is 3. The molecule has 0 aromatic carbocycles. The highest BCUT2D eigenvalue weighted by Crippen LogP contribution is 2.19. The third-order valence-electron chi connectivity index (χ3n) is 15.4. The molecule has 0 amide bonds. The molecule has 77 heavy (non-hydrogen) atoms. The third kappa shape index (κ3) is 64.1. The highest BCUT2D eigenvalue weighted by atomic mass is 16.6. The van der Waals surface area contributed by atoms with Gasteiger partial charge in [-0.2, -0.15) is 0 Å². The number of allylic oxidation sites excluding steroid dienone is 8. The second kappa shape index (κ2) is 65.9. The van der Waals surface area contributed by atoms with E-state index in [1.807, 2.05) is 6.08 Å². The maximum Gasteiger partial charge on any atom is 0.306 e. The first-order chi connectivity index (χ1) is 38.0. The molecule has 450 valence electrons. The van der Waals surface area contributed by atoms with Crippen molar-refractivity contribution in [2.75, 3.05) is 13.2 Å². The maximum atomic E-state index is 12.8. The summed E-state index contributed by atoms with van der Waals surface area (Å²) in [7, 11) is 0. The van der Waals surface area contributed by atoms with E-state index in [2.05, 4.69) is 63.3 Å². The van der Waals surface area contributed by atoms with Crippen LogP contribution in [0, 0.1) is 0 Å². The Labute approximate surface area is 479 Å². The average molecular weight is 1080 g/mol. The lowest BCUT2D eigenvalue weighted by Gasteiger charge is -2.18. The number of rotatable bonds is 63. The van der Waals surface area contributed by atoms with Crippen molar-refractivity contribution in [3.63, 3.8) is 0 Å². The molecular weight excluding hydrogens is 949 g/mol. The van der Waals surface area contributed by atoms with Gasteiger partial charge in [0.25, 0.3) is 0 Å². The van der Waals surface area contributed by atoms with Crippen molar-refractivity contribution in [1.82, 2.24) is 0 Å². The van der Waals surface area contributed by atoms with Gasteiger partial charge in [0.1, 0.15) is 13.2 Å². The van der Waals surface area contributed by atoms with Crippen molar-refractivity contribution in [1.29, 1.82) is 0 Å². The van der Waals surface area contributed by atoms with Crippen molar-refractivity contribution in [2.45, 2.75) is 374 Å². The van der Waals surface area contributed by atoms with Crippen LogP contribution in [0.25, 0.3) is 0 Å². The topological polar surface area (TPSA) is 78.9 Å². The van der Waals surface area contributed by atoms with E-state index in [4.69, 9.17) is 14.2 Å². The molecule has 0 aromatic heterocycles. The third-order valence-corrected chi connectivity index (χ3v) is 15.4. The maximum absolute atomic E-state index is 12.8. The van der Waals surface area contributed by atoms with Gasteiger partial charge in [-0.05, 0) is 44.9 Å². The number of unbranched alkanes of at least 4 members (excludes halogenated alkanes) is 44. The van der Waals surface area contributed by atoms with Crippen LogP contribution >= 0.6 is 0 Å². The minimum Gasteiger partial charge on any atom is -0.462 e. The van der Waals surface area contributed by atoms with E-state index in [0.29, 0.717) is 19.3 Å². The number of hydrogen-bond donors (Lipinski definition) is 0. The Morgan fingerprint density at radius 3 is 0.766 bits per heavy atom. The molecule has 0 aliphatic carbocycles. The fourth-order valence-corrected chi connectivity index (χ4v) is 10.3. The Bertz CT molecular complexity index is 1330. The van der Waals surface area contributed by atoms with Crippen molar-refractivity contribution in [2.24, 2.45) is 0 Å². The van der Waals surface area contributed by atoms with Crippen molar-refractivity contribution in [3.8, 4) is 0 Å². The Balaban J connectivity index is 4.07. The standard InChI is InChI=1S/C71H130O6/c1-4-7-10-13-16-19-22-25-26-27-28-29-30-31-32-33-34-35-36-37-38-39-40-41-42-43-44-47-49-52-55-58-61-64-70(73)76-67-68(77-71(74)65-62-59-56-53-50-46-24-21-18-15-12-9-6-3)66-75-69(72)63-60-57-54-51-48-45-23-20-17-14-11-8-5-2/h9,12,18,21,46,50,56,59,68H,4-8,10-11,13-17,19-20,22-45,47-49,51-55,57-58,60-67H2,1-3H3/b12-9-,21-18-,50-46-,59-56-. The van der Waals surface area contributed by atoms with E-state index >= 15 is 0 Å². The van der Waals surface area contributed by atoms with E-state index in [1.165, 1.54) is 257 Å². The molecule has 1 atom stereocenters. The van der Waals surface area contributed by atoms with Crippen LogP contribution in [0.2, 0.25) is 0 Å². The highest BCUT2D eigenvalue weighted by Gasteiger charge is 2.19. The SMILES string of the molecule is CC/C=C\C/C=C\C/C=C\C/C=C\CCC(=O)OC(COC(=O)CCCCCCCCCCCCCCC)COC(=O)CCCCCCCCCCCCCCCCCCCCCCCCCCCCCCCCCCC. The highest BCUT2D eigenvalue weighted by molar-refractivity contribution is 5.71. The fourth-order valence-electron chi connectivity index (χ4n) is 10.3. The molecule has 0 saturated heterocycles. The molecule has 6 nitrogen and oxygen atoms in total. The number of carbonyl (C=O) groups is 3. The molecule has 6 heteroatoms. The van der Waals surface area contributed by atoms with Crippen LogP contribution in [0.5, 0.6) is 0 Å². The molecule has 0 aliphatic heterocycles. The zero-order chi connectivity index (χ0) is 55.7. The Morgan fingerprint density at radius 1 is 0.273 bits per heavy atom. The largest absolute Gasteiger partial charge is 0.462 e. The fraction of sp³-hybridized carbons (Fsp3) is 0.845. The van der Waals surface area contributed by atoms with Crippen LogP contribution in [-0.2, 0) is 28.6 Å². The summed E-state index contributed by atoms with van der Waals surface area (Å²) in [6.07, 6.45) is 83.3. The number of hydrogen-bond acceptors (Lipinski definition) is 6. The lowest BCUT2D eigenvalue weighted by atomic mass is 10.0. The number of esters is 3. The van der Waals surface area contributed by atoms with Crippen LogP contribution < -0.4 is 0 Å². The summed E-state index contributed by atoms with van der Waals surface area (Å²) < 4.78 is 16.8. The summed E-state index contributed by atoms with van der Waals surface area (Å²) in [5.41, 5.74) is 0. The minimum absolute atomic E-state index is 0.0970. The second-order valence-electron chi connectivity index (χ2n) is 23.1. The normalized spacial score (nSPS) is 12.3. The van der Waals surface area contributed by atoms with Gasteiger partial charge in [0.2, 0.25) is 0 Å². The van der Waals surface area contributed by atoms with Crippen molar-refractivity contribution >= 4 is 17.9 Å². The molecular formula is C71H130O6. The monoisotopic (exact) mass is 1080 g/mol. The molecule has 0 N–H and O–H groups in total. The summed E-state index contributed by atoms with van der Waals surface area (Å²) in [4.78, 5) is 38.2. The minimum atomic E-state index is -0.808. The van der Waals surface area contributed by atoms with E-state index in [-0.39, 0.29) is 37.5 Å². The van der Waals surface area contributed by atoms with E-state index in [9.17, 15) is 14.4 Å². The first-order valence-corrected chi connectivity index (χ1v) is 34.1. The summed E-state index contributed by atoms with van der Waals surface area (Å²) in [5.74, 6) is -0.959. The molecule has 0 spiro atoms. The summed E-state index contributed by atoms with van der Waals surface area (Å²) >= 11 is 0. The first-order valence-electron chi connectivity index (χ1n) is 34.1. The molecule has 0 bridgehead atoms. The van der Waals surface area contributed by atoms with Gasteiger partial charge in [-0.3, -0.25) is 14.4 Å². The van der Waals surface area contributed by atoms with Gasteiger partial charge in [-0.25, -0.2) is 0 Å². The smallest absolute Gasteiger partial charge is 0.306 e. The molecule has 0 aromatic rings. The van der Waals surface area contributed by atoms with E-state index in [1.54, 1.807) is 0 Å². The Kier molecular flexibility index (Phi) is 63.6. The van der Waals surface area contributed by atoms with E-state index < -0.39 is 6.10 Å². The van der Waals surface area contributed by atoms with Gasteiger partial charge in [0.15, 0.2) is 6.10 Å². The van der Waals surface area contributed by atoms with Gasteiger partial charge in [0.05, 0.1) is 0 Å². The van der Waals surface area contributed by atoms with Crippen LogP contribution in [0.1, 0.15) is 367 Å². The Morgan fingerprint density at radius 2 is 0.506 bits per heavy atom. The quantitative estimate of drug-likeness (QED) is 0.0261. The van der Waals surface area contributed by atoms with Gasteiger partial charge in [-0.1, -0.05) is 352 Å². The van der Waals surface area contributed by atoms with Gasteiger partial charge < -0.3 is 14.2 Å². The van der Waals surface area contributed by atoms with Crippen molar-refractivity contribution < 1.29 is 28.6 Å². The predicted molar refractivity (Wildman–Crippen MR) is 335 cm³/mol. The molecule has 0 heterocycles. The van der Waals surface area contributed by atoms with Crippen LogP contribution in [0.4, 0.5) is 0 Å². The van der Waals surface area contributed by atoms with Crippen LogP contribution in [-0.4, -0.2) is 37.2 Å². The zero-order valence-electron chi connectivity index (χ0n) is 51.7. The van der Waals surface area contributed by atoms with Crippen molar-refractivity contribution in [3.05, 3.63) is 48.6 Å². The summed E-state index contributed by atoms with van der Waals surface area (Å²) in [5, 5.41) is 0. The molecule has 0 saturated carbocycles. The van der Waals surface area contributed by atoms with E-state index in [0.717, 1.165) is 64.2 Å². The lowest BCUT2D eigenvalue weighted by molar-refractivity contribution is -0.166. The zero-order valence-corrected chi connectivity index (χ0v) is 51.7. The molecule has 0 fully saturated rings. The lowest BCUT2D eigenvalue weighted by Crippen LogP contribution is -2.30. The van der Waals surface area contributed by atoms with Gasteiger partial charge in [-0.15, -0.1) is 0 Å². The molecule has 0 aliphatic rings. The van der Waals surface area contributed by atoms with Crippen LogP contribution in [0.3, 0.4) is 0 Å². The molecule has 0 radical (unpaired) electrons. The van der Waals surface area contributed by atoms with Gasteiger partial charge in [0, 0.05) is 19.3 Å². The predicted octanol–water partition coefficient (Wildman–Crippen LogP) is 23.3. The molecule has 1 unspecified atom stereocenters. The van der Waals surface area contributed by atoms with Gasteiger partial charge >= 0.3 is 17.9 Å².